The lowest BCUT2D eigenvalue weighted by Gasteiger charge is -2.10. The Morgan fingerprint density at radius 2 is 2.04 bits per heavy atom. The predicted molar refractivity (Wildman–Crippen MR) is 104 cm³/mol. The molecule has 124 valence electrons. The van der Waals surface area contributed by atoms with Gasteiger partial charge in [0.25, 0.3) is 0 Å². The van der Waals surface area contributed by atoms with E-state index < -0.39 is 0 Å². The van der Waals surface area contributed by atoms with Crippen LogP contribution in [0.3, 0.4) is 0 Å². The molecule has 1 aromatic heterocycles. The summed E-state index contributed by atoms with van der Waals surface area (Å²) >= 11 is 1.77. The standard InChI is InChI=1S/C16H19NS.C2H7N3/c1-3-6-13-7-4-9-16(17-2)15(13)11-10-14-8-5-12-18-14;1-2-4-5-3/h4-5,7-12,17H,3,6H2,1-2H3;2,4-5H,1,3H2/b11-10+;. The number of hydrazine groups is 2. The minimum atomic E-state index is 1.12. The van der Waals surface area contributed by atoms with Gasteiger partial charge >= 0.3 is 0 Å². The Labute approximate surface area is 143 Å². The molecule has 5 N–H and O–H groups in total. The Morgan fingerprint density at radius 1 is 1.22 bits per heavy atom. The van der Waals surface area contributed by atoms with Gasteiger partial charge in [-0.2, -0.15) is 5.53 Å². The summed E-state index contributed by atoms with van der Waals surface area (Å²) in [5.74, 6) is 4.71. The summed E-state index contributed by atoms with van der Waals surface area (Å²) in [7, 11) is 1.98. The van der Waals surface area contributed by atoms with Gasteiger partial charge in [0.1, 0.15) is 0 Å². The average molecular weight is 331 g/mol. The SMILES string of the molecule is C=CNNN.CCCc1cccc(NC)c1/C=C/c1cccs1. The van der Waals surface area contributed by atoms with Crippen LogP contribution in [-0.2, 0) is 6.42 Å². The zero-order valence-corrected chi connectivity index (χ0v) is 14.6. The van der Waals surface area contributed by atoms with Crippen molar-refractivity contribution in [2.75, 3.05) is 12.4 Å². The molecule has 0 amide bonds. The van der Waals surface area contributed by atoms with Crippen molar-refractivity contribution in [1.29, 1.82) is 0 Å². The summed E-state index contributed by atoms with van der Waals surface area (Å²) in [5.41, 5.74) is 8.48. The summed E-state index contributed by atoms with van der Waals surface area (Å²) in [4.78, 5) is 1.29. The molecule has 0 radical (unpaired) electrons. The minimum Gasteiger partial charge on any atom is -0.388 e. The molecule has 23 heavy (non-hydrogen) atoms. The van der Waals surface area contributed by atoms with Crippen LogP contribution >= 0.6 is 11.3 Å². The molecule has 5 heteroatoms. The van der Waals surface area contributed by atoms with Crippen LogP contribution in [-0.4, -0.2) is 7.05 Å². The first-order chi connectivity index (χ1) is 11.3. The van der Waals surface area contributed by atoms with Gasteiger partial charge in [-0.25, -0.2) is 0 Å². The Hall–Kier alpha value is -2.08. The summed E-state index contributed by atoms with van der Waals surface area (Å²) in [5, 5.41) is 5.38. The van der Waals surface area contributed by atoms with E-state index in [1.807, 2.05) is 7.05 Å². The highest BCUT2D eigenvalue weighted by molar-refractivity contribution is 7.10. The number of thiophene rings is 1. The van der Waals surface area contributed by atoms with Gasteiger partial charge in [0.2, 0.25) is 0 Å². The second-order valence-electron chi connectivity index (χ2n) is 4.72. The number of rotatable bonds is 7. The minimum absolute atomic E-state index is 1.12. The molecule has 4 nitrogen and oxygen atoms in total. The first kappa shape index (κ1) is 19.0. The van der Waals surface area contributed by atoms with Crippen LogP contribution in [0.25, 0.3) is 12.2 Å². The number of nitrogens with two attached hydrogens (primary N) is 1. The third-order valence-corrected chi connectivity index (χ3v) is 3.97. The van der Waals surface area contributed by atoms with E-state index in [2.05, 4.69) is 77.6 Å². The second kappa shape index (κ2) is 11.5. The molecule has 0 aliphatic rings. The molecule has 0 fully saturated rings. The van der Waals surface area contributed by atoms with E-state index in [4.69, 9.17) is 5.84 Å². The fourth-order valence-electron chi connectivity index (χ4n) is 2.13. The van der Waals surface area contributed by atoms with Crippen molar-refractivity contribution in [3.05, 3.63) is 64.5 Å². The quantitative estimate of drug-likeness (QED) is 0.457. The van der Waals surface area contributed by atoms with E-state index in [0.29, 0.717) is 0 Å². The monoisotopic (exact) mass is 330 g/mol. The molecule has 0 saturated heterocycles. The van der Waals surface area contributed by atoms with Gasteiger partial charge in [0.15, 0.2) is 0 Å². The van der Waals surface area contributed by atoms with E-state index >= 15 is 0 Å². The van der Waals surface area contributed by atoms with E-state index in [-0.39, 0.29) is 0 Å². The number of benzene rings is 1. The van der Waals surface area contributed by atoms with Gasteiger partial charge in [0, 0.05) is 29.4 Å². The average Bonchev–Trinajstić information content (AvgIpc) is 3.08. The first-order valence-electron chi connectivity index (χ1n) is 7.60. The summed E-state index contributed by atoms with van der Waals surface area (Å²) < 4.78 is 0. The molecule has 0 spiro atoms. The molecule has 1 heterocycles. The van der Waals surface area contributed by atoms with Crippen molar-refractivity contribution >= 4 is 29.2 Å². The van der Waals surface area contributed by atoms with Crippen molar-refractivity contribution in [1.82, 2.24) is 11.0 Å². The molecular formula is C18H26N4S. The Balaban J connectivity index is 0.000000463. The maximum Gasteiger partial charge on any atom is 0.0413 e. The Bertz CT molecular complexity index is 591. The third-order valence-electron chi connectivity index (χ3n) is 3.13. The molecule has 2 aromatic rings. The zero-order valence-electron chi connectivity index (χ0n) is 13.8. The largest absolute Gasteiger partial charge is 0.388 e. The van der Waals surface area contributed by atoms with Crippen molar-refractivity contribution in [3.8, 4) is 0 Å². The van der Waals surface area contributed by atoms with Gasteiger partial charge in [-0.15, -0.1) is 11.3 Å². The summed E-state index contributed by atoms with van der Waals surface area (Å²) in [6, 6.07) is 10.7. The van der Waals surface area contributed by atoms with Crippen LogP contribution in [0.1, 0.15) is 29.3 Å². The highest BCUT2D eigenvalue weighted by Gasteiger charge is 2.03. The van der Waals surface area contributed by atoms with Crippen LogP contribution in [0.2, 0.25) is 0 Å². The van der Waals surface area contributed by atoms with Gasteiger partial charge in [-0.05, 0) is 35.6 Å². The highest BCUT2D eigenvalue weighted by Crippen LogP contribution is 2.24. The number of nitrogens with one attached hydrogen (secondary N) is 3. The van der Waals surface area contributed by atoms with Crippen LogP contribution in [0.4, 0.5) is 5.69 Å². The third kappa shape index (κ3) is 6.69. The van der Waals surface area contributed by atoms with Crippen LogP contribution in [0, 0.1) is 0 Å². The molecule has 0 saturated carbocycles. The van der Waals surface area contributed by atoms with E-state index in [1.54, 1.807) is 11.3 Å². The summed E-state index contributed by atoms with van der Waals surface area (Å²) in [6.07, 6.45) is 8.16. The highest BCUT2D eigenvalue weighted by atomic mass is 32.1. The molecule has 0 bridgehead atoms. The zero-order chi connectivity index (χ0) is 16.9. The lowest BCUT2D eigenvalue weighted by molar-refractivity contribution is 0.666. The first-order valence-corrected chi connectivity index (χ1v) is 8.48. The van der Waals surface area contributed by atoms with Crippen LogP contribution in [0.5, 0.6) is 0 Å². The van der Waals surface area contributed by atoms with E-state index in [1.165, 1.54) is 34.3 Å². The molecule has 1 aromatic carbocycles. The Morgan fingerprint density at radius 3 is 2.57 bits per heavy atom. The van der Waals surface area contributed by atoms with Gasteiger partial charge in [-0.1, -0.05) is 44.2 Å². The van der Waals surface area contributed by atoms with Gasteiger partial charge in [0.05, 0.1) is 0 Å². The lowest BCUT2D eigenvalue weighted by Crippen LogP contribution is -2.32. The predicted octanol–water partition coefficient (Wildman–Crippen LogP) is 4.01. The lowest BCUT2D eigenvalue weighted by atomic mass is 10.0. The molecule has 0 aliphatic heterocycles. The van der Waals surface area contributed by atoms with Gasteiger partial charge < -0.3 is 10.7 Å². The topological polar surface area (TPSA) is 62.1 Å². The maximum atomic E-state index is 4.71. The Kier molecular flexibility index (Phi) is 9.47. The molecule has 0 aliphatic carbocycles. The van der Waals surface area contributed by atoms with Crippen molar-refractivity contribution in [2.45, 2.75) is 19.8 Å². The fraction of sp³-hybridized carbons (Fsp3) is 0.222. The maximum absolute atomic E-state index is 4.71. The number of hydrogen-bond acceptors (Lipinski definition) is 5. The fourth-order valence-corrected chi connectivity index (χ4v) is 2.74. The second-order valence-corrected chi connectivity index (χ2v) is 5.70. The van der Waals surface area contributed by atoms with Crippen molar-refractivity contribution in [2.24, 2.45) is 5.84 Å². The normalized spacial score (nSPS) is 10.0. The van der Waals surface area contributed by atoms with E-state index in [0.717, 1.165) is 6.42 Å². The van der Waals surface area contributed by atoms with Crippen LogP contribution < -0.4 is 22.1 Å². The van der Waals surface area contributed by atoms with Crippen LogP contribution in [0.15, 0.2) is 48.5 Å². The number of anilines is 1. The number of aryl methyl sites for hydroxylation is 1. The smallest absolute Gasteiger partial charge is 0.0413 e. The summed E-state index contributed by atoms with van der Waals surface area (Å²) in [6.45, 7) is 5.52. The van der Waals surface area contributed by atoms with Crippen molar-refractivity contribution < 1.29 is 0 Å². The molecule has 0 unspecified atom stereocenters. The van der Waals surface area contributed by atoms with Gasteiger partial charge in [-0.3, -0.25) is 5.84 Å². The molecule has 2 rings (SSSR count). The molecular weight excluding hydrogens is 304 g/mol. The molecule has 0 atom stereocenters. The van der Waals surface area contributed by atoms with E-state index in [9.17, 15) is 0 Å². The number of hydrogen-bond donors (Lipinski definition) is 4. The van der Waals surface area contributed by atoms with Crippen molar-refractivity contribution in [3.63, 3.8) is 0 Å².